The number of nitrogens with zero attached hydrogens (tertiary/aromatic N) is 3. The lowest BCUT2D eigenvalue weighted by Gasteiger charge is -2.33. The standard InChI is InChI=1S/C10H14N4O4S/c11-10-8-1-2-13(3-9(8)12-14(10)6-15)19(16,17)7-4-18-5-7/h6-7H,1-5,11H2. The summed E-state index contributed by atoms with van der Waals surface area (Å²) < 4.78 is 31.9. The van der Waals surface area contributed by atoms with Crippen LogP contribution in [-0.4, -0.2) is 53.9 Å². The molecule has 0 radical (unpaired) electrons. The van der Waals surface area contributed by atoms with Gasteiger partial charge in [0, 0.05) is 12.1 Å². The van der Waals surface area contributed by atoms with Gasteiger partial charge in [0.15, 0.2) is 0 Å². The number of aromatic nitrogens is 2. The van der Waals surface area contributed by atoms with Crippen LogP contribution < -0.4 is 5.73 Å². The van der Waals surface area contributed by atoms with E-state index in [2.05, 4.69) is 5.10 Å². The van der Waals surface area contributed by atoms with E-state index < -0.39 is 15.3 Å². The normalized spacial score (nSPS) is 20.8. The molecule has 3 rings (SSSR count). The summed E-state index contributed by atoms with van der Waals surface area (Å²) in [4.78, 5) is 10.8. The third-order valence-corrected chi connectivity index (χ3v) is 5.70. The molecular formula is C10H14N4O4S. The Kier molecular flexibility index (Phi) is 2.84. The number of anilines is 1. The second kappa shape index (κ2) is 4.29. The molecule has 1 aromatic rings. The van der Waals surface area contributed by atoms with Gasteiger partial charge in [-0.15, -0.1) is 0 Å². The highest BCUT2D eigenvalue weighted by Crippen LogP contribution is 2.27. The third-order valence-electron chi connectivity index (χ3n) is 3.56. The molecule has 1 aromatic heterocycles. The second-order valence-electron chi connectivity index (χ2n) is 4.65. The van der Waals surface area contributed by atoms with E-state index in [4.69, 9.17) is 10.5 Å². The Hall–Kier alpha value is -1.45. The van der Waals surface area contributed by atoms with Gasteiger partial charge in [-0.1, -0.05) is 0 Å². The summed E-state index contributed by atoms with van der Waals surface area (Å²) in [7, 11) is -3.35. The zero-order chi connectivity index (χ0) is 13.6. The fraction of sp³-hybridized carbons (Fsp3) is 0.600. The van der Waals surface area contributed by atoms with Crippen molar-refractivity contribution in [1.82, 2.24) is 14.1 Å². The number of fused-ring (bicyclic) bond motifs is 1. The van der Waals surface area contributed by atoms with Gasteiger partial charge in [0.25, 0.3) is 0 Å². The van der Waals surface area contributed by atoms with E-state index in [9.17, 15) is 13.2 Å². The van der Waals surface area contributed by atoms with Gasteiger partial charge in [-0.3, -0.25) is 4.79 Å². The van der Waals surface area contributed by atoms with Crippen LogP contribution in [0, 0.1) is 0 Å². The molecule has 2 N–H and O–H groups in total. The van der Waals surface area contributed by atoms with Crippen LogP contribution in [0.4, 0.5) is 5.82 Å². The number of sulfonamides is 1. The molecule has 0 saturated carbocycles. The maximum absolute atomic E-state index is 12.2. The van der Waals surface area contributed by atoms with E-state index >= 15 is 0 Å². The number of hydrogen-bond acceptors (Lipinski definition) is 6. The van der Waals surface area contributed by atoms with Gasteiger partial charge in [0.1, 0.15) is 11.1 Å². The molecule has 9 heteroatoms. The molecule has 0 bridgehead atoms. The Bertz CT molecular complexity index is 620. The zero-order valence-electron chi connectivity index (χ0n) is 10.2. The quantitative estimate of drug-likeness (QED) is 0.684. The molecule has 0 spiro atoms. The topological polar surface area (TPSA) is 108 Å². The van der Waals surface area contributed by atoms with Crippen LogP contribution in [0.15, 0.2) is 0 Å². The highest BCUT2D eigenvalue weighted by Gasteiger charge is 2.39. The van der Waals surface area contributed by atoms with E-state index in [0.717, 1.165) is 10.2 Å². The van der Waals surface area contributed by atoms with E-state index in [1.54, 1.807) is 0 Å². The molecule has 1 fully saturated rings. The summed E-state index contributed by atoms with van der Waals surface area (Å²) in [5, 5.41) is 3.56. The van der Waals surface area contributed by atoms with Crippen LogP contribution in [-0.2, 0) is 32.5 Å². The minimum Gasteiger partial charge on any atom is -0.383 e. The first-order chi connectivity index (χ1) is 9.04. The first-order valence-corrected chi connectivity index (χ1v) is 7.42. The summed E-state index contributed by atoms with van der Waals surface area (Å²) in [6.45, 7) is 1.02. The zero-order valence-corrected chi connectivity index (χ0v) is 11.0. The summed E-state index contributed by atoms with van der Waals surface area (Å²) in [5.41, 5.74) is 7.09. The molecule has 0 aliphatic carbocycles. The van der Waals surface area contributed by atoms with Crippen LogP contribution in [0.5, 0.6) is 0 Å². The molecule has 0 atom stereocenters. The minimum absolute atomic E-state index is 0.166. The molecule has 19 heavy (non-hydrogen) atoms. The number of nitrogens with two attached hydrogens (primary N) is 1. The molecule has 0 unspecified atom stereocenters. The number of carbonyl (C=O) groups excluding carboxylic acids is 1. The van der Waals surface area contributed by atoms with Crippen molar-refractivity contribution in [3.8, 4) is 0 Å². The van der Waals surface area contributed by atoms with Crippen LogP contribution in [0.2, 0.25) is 0 Å². The maximum Gasteiger partial charge on any atom is 0.235 e. The first-order valence-electron chi connectivity index (χ1n) is 5.91. The molecule has 0 aromatic carbocycles. The average molecular weight is 286 g/mol. The van der Waals surface area contributed by atoms with Gasteiger partial charge >= 0.3 is 0 Å². The van der Waals surface area contributed by atoms with E-state index in [1.807, 2.05) is 0 Å². The van der Waals surface area contributed by atoms with Crippen LogP contribution in [0.3, 0.4) is 0 Å². The first kappa shape index (κ1) is 12.6. The Morgan fingerprint density at radius 1 is 1.42 bits per heavy atom. The van der Waals surface area contributed by atoms with Crippen LogP contribution in [0.1, 0.15) is 11.3 Å². The molecule has 1 saturated heterocycles. The second-order valence-corrected chi connectivity index (χ2v) is 6.86. The van der Waals surface area contributed by atoms with Crippen molar-refractivity contribution >= 4 is 22.3 Å². The van der Waals surface area contributed by atoms with Gasteiger partial charge in [-0.25, -0.2) is 8.42 Å². The van der Waals surface area contributed by atoms with Gasteiger partial charge in [-0.2, -0.15) is 14.1 Å². The van der Waals surface area contributed by atoms with E-state index in [-0.39, 0.29) is 19.8 Å². The fourth-order valence-electron chi connectivity index (χ4n) is 2.31. The third kappa shape index (κ3) is 1.85. The largest absolute Gasteiger partial charge is 0.383 e. The monoisotopic (exact) mass is 286 g/mol. The van der Waals surface area contributed by atoms with E-state index in [1.165, 1.54) is 4.31 Å². The maximum atomic E-state index is 12.2. The molecule has 2 aliphatic rings. The van der Waals surface area contributed by atoms with Crippen LogP contribution in [0.25, 0.3) is 0 Å². The van der Waals surface area contributed by atoms with Crippen molar-refractivity contribution in [3.63, 3.8) is 0 Å². The van der Waals surface area contributed by atoms with Gasteiger partial charge in [0.05, 0.1) is 25.5 Å². The Balaban J connectivity index is 1.88. The van der Waals surface area contributed by atoms with Crippen molar-refractivity contribution in [1.29, 1.82) is 0 Å². The Morgan fingerprint density at radius 2 is 2.16 bits per heavy atom. The minimum atomic E-state index is -3.35. The smallest absolute Gasteiger partial charge is 0.235 e. The van der Waals surface area contributed by atoms with Crippen molar-refractivity contribution in [2.75, 3.05) is 25.5 Å². The van der Waals surface area contributed by atoms with Crippen LogP contribution >= 0.6 is 0 Å². The number of rotatable bonds is 3. The predicted molar refractivity (Wildman–Crippen MR) is 66.4 cm³/mol. The molecule has 0 amide bonds. The SMILES string of the molecule is Nc1c2c(nn1C=O)CN(S(=O)(=O)C1COC1)CC2. The highest BCUT2D eigenvalue weighted by molar-refractivity contribution is 7.89. The van der Waals surface area contributed by atoms with Gasteiger partial charge in [-0.05, 0) is 6.42 Å². The average Bonchev–Trinajstić information content (AvgIpc) is 2.63. The van der Waals surface area contributed by atoms with E-state index in [0.29, 0.717) is 30.9 Å². The number of ether oxygens (including phenoxy) is 1. The summed E-state index contributed by atoms with van der Waals surface area (Å²) >= 11 is 0. The van der Waals surface area contributed by atoms with Crippen molar-refractivity contribution < 1.29 is 17.9 Å². The summed E-state index contributed by atoms with van der Waals surface area (Å²) in [6, 6.07) is 0. The lowest BCUT2D eigenvalue weighted by Crippen LogP contribution is -2.49. The molecule has 2 aliphatic heterocycles. The van der Waals surface area contributed by atoms with Crippen molar-refractivity contribution in [3.05, 3.63) is 11.3 Å². The van der Waals surface area contributed by atoms with Gasteiger partial charge in [0.2, 0.25) is 16.4 Å². The highest BCUT2D eigenvalue weighted by atomic mass is 32.2. The number of nitrogen functional groups attached to an aromatic ring is 1. The molecular weight excluding hydrogens is 272 g/mol. The van der Waals surface area contributed by atoms with Crippen molar-refractivity contribution in [2.45, 2.75) is 18.2 Å². The summed E-state index contributed by atoms with van der Waals surface area (Å²) in [6.07, 6.45) is 0.994. The molecule has 104 valence electrons. The molecule has 8 nitrogen and oxygen atoms in total. The fourth-order valence-corrected chi connectivity index (χ4v) is 3.91. The lowest BCUT2D eigenvalue weighted by molar-refractivity contribution is 0.0389. The lowest BCUT2D eigenvalue weighted by atomic mass is 10.1. The number of carbonyl (C=O) groups is 1. The van der Waals surface area contributed by atoms with Gasteiger partial charge < -0.3 is 10.5 Å². The van der Waals surface area contributed by atoms with Crippen molar-refractivity contribution in [2.24, 2.45) is 0 Å². The summed E-state index contributed by atoms with van der Waals surface area (Å²) in [5.74, 6) is 0.300. The molecule has 3 heterocycles. The number of hydrogen-bond donors (Lipinski definition) is 1. The predicted octanol–water partition coefficient (Wildman–Crippen LogP) is -1.41. The Labute approximate surface area is 110 Å². The Morgan fingerprint density at radius 3 is 2.74 bits per heavy atom.